The number of benzene rings is 2. The first-order valence-corrected chi connectivity index (χ1v) is 20.2. The molecule has 0 aliphatic carbocycles. The summed E-state index contributed by atoms with van der Waals surface area (Å²) >= 11 is 0. The average molecular weight is 1050 g/mol. The van der Waals surface area contributed by atoms with Gasteiger partial charge in [0.2, 0.25) is 11.9 Å². The number of rotatable bonds is 18. The third-order valence-corrected chi connectivity index (χ3v) is 10.5. The predicted molar refractivity (Wildman–Crippen MR) is 242 cm³/mol. The van der Waals surface area contributed by atoms with Crippen molar-refractivity contribution in [1.82, 2.24) is 30.6 Å². The van der Waals surface area contributed by atoms with Gasteiger partial charge in [0.05, 0.1) is 12.1 Å². The molecule has 2 aromatic heterocycles. The van der Waals surface area contributed by atoms with Crippen molar-refractivity contribution in [1.29, 1.82) is 0 Å². The van der Waals surface area contributed by atoms with Crippen molar-refractivity contribution in [3.8, 4) is 0 Å². The molecule has 27 heteroatoms. The molecule has 0 spiro atoms. The molecule has 4 aromatic rings. The van der Waals surface area contributed by atoms with Gasteiger partial charge in [0.25, 0.3) is 22.9 Å². The van der Waals surface area contributed by atoms with Gasteiger partial charge in [-0.15, -0.1) is 0 Å². The minimum atomic E-state index is -1.39. The number of aromatic amines is 2. The average Bonchev–Trinajstić information content (AvgIpc) is 3.25. The van der Waals surface area contributed by atoms with Gasteiger partial charge in [-0.05, 0) is 74.2 Å². The Labute approximate surface area is 420 Å². The maximum atomic E-state index is 12.3. The van der Waals surface area contributed by atoms with Gasteiger partial charge in [-0.2, -0.15) is 9.97 Å². The summed E-state index contributed by atoms with van der Waals surface area (Å²) in [5, 5.41) is 56.7. The number of hydrogen-bond acceptors (Lipinski definition) is 20. The zero-order valence-corrected chi connectivity index (χ0v) is 40.7. The molecule has 2 amide bonds. The number of carboxylic acids is 4. The van der Waals surface area contributed by atoms with Gasteiger partial charge < -0.3 is 83.2 Å². The Hall–Kier alpha value is -7.01. The molecule has 0 saturated heterocycles. The summed E-state index contributed by atoms with van der Waals surface area (Å²) in [5.41, 5.74) is 13.1. The molecule has 2 aromatic carbocycles. The molecule has 4 heterocycles. The number of likely N-dealkylation sites (N-methyl/N-ethyl adjacent to an activating group) is 2. The van der Waals surface area contributed by atoms with E-state index in [4.69, 9.17) is 21.7 Å². The first kappa shape index (κ1) is 52.6. The fourth-order valence-electron chi connectivity index (χ4n) is 6.83. The molecular weight excluding hydrogens is 1010 g/mol. The van der Waals surface area contributed by atoms with Crippen LogP contribution in [-0.2, 0) is 19.2 Å². The molecule has 14 N–H and O–H groups in total. The van der Waals surface area contributed by atoms with Gasteiger partial charge >= 0.3 is 60.8 Å². The second-order valence-electron chi connectivity index (χ2n) is 15.1. The van der Waals surface area contributed by atoms with E-state index in [0.717, 1.165) is 0 Å². The minimum Gasteiger partial charge on any atom is -0.550 e. The molecular formula is C40H48BaN14O12. The van der Waals surface area contributed by atoms with E-state index in [2.05, 4.69) is 51.8 Å². The standard InChI is InChI=1S/2C20H25N7O6.Ba/c2*1-27-12(9-23-16-15(27)18(31)26-20(21)25-16)8-22-11-4-2-10(3-5-11)17(30)24-13(19(32)33)6-7-14(28)29;/h2*2-5,12-13,22H,6-9H2,1H3,(H,24,30)(H,28,29)(H,32,33)(H4,21,23,25,26,31);/q;;+2/p-2/t2*12?,13-;/m00./s1. The van der Waals surface area contributed by atoms with Gasteiger partial charge in [0, 0.05) is 74.7 Å². The summed E-state index contributed by atoms with van der Waals surface area (Å²) < 4.78 is 0. The number of H-pyrrole nitrogens is 2. The van der Waals surface area contributed by atoms with E-state index in [1.165, 1.54) is 24.3 Å². The van der Waals surface area contributed by atoms with Crippen molar-refractivity contribution in [2.24, 2.45) is 0 Å². The number of nitrogen functional groups attached to an aromatic ring is 2. The van der Waals surface area contributed by atoms with Crippen LogP contribution in [0, 0.1) is 0 Å². The molecule has 6 rings (SSSR count). The van der Waals surface area contributed by atoms with E-state index in [0.29, 0.717) is 60.6 Å². The van der Waals surface area contributed by atoms with Crippen LogP contribution in [0.15, 0.2) is 58.1 Å². The molecule has 2 aliphatic rings. The van der Waals surface area contributed by atoms with Crippen LogP contribution >= 0.6 is 0 Å². The Morgan fingerprint density at radius 3 is 1.33 bits per heavy atom. The normalized spacial score (nSPS) is 15.4. The van der Waals surface area contributed by atoms with Crippen molar-refractivity contribution < 1.29 is 49.2 Å². The van der Waals surface area contributed by atoms with Crippen molar-refractivity contribution in [3.63, 3.8) is 0 Å². The molecule has 0 radical (unpaired) electrons. The third kappa shape index (κ3) is 14.5. The second-order valence-corrected chi connectivity index (χ2v) is 15.1. The molecule has 2 aliphatic heterocycles. The topological polar surface area (TPSA) is 411 Å². The van der Waals surface area contributed by atoms with E-state index >= 15 is 0 Å². The molecule has 352 valence electrons. The number of carbonyl (C=O) groups excluding carboxylic acids is 4. The number of nitrogens with one attached hydrogen (secondary N) is 8. The van der Waals surface area contributed by atoms with Crippen LogP contribution in [0.5, 0.6) is 0 Å². The number of carbonyl (C=O) groups is 6. The number of aromatic nitrogens is 4. The van der Waals surface area contributed by atoms with Crippen molar-refractivity contribution in [3.05, 3.63) is 80.4 Å². The van der Waals surface area contributed by atoms with Crippen molar-refractivity contribution in [2.45, 2.75) is 49.9 Å². The molecule has 0 saturated carbocycles. The van der Waals surface area contributed by atoms with Crippen LogP contribution in [0.3, 0.4) is 0 Å². The van der Waals surface area contributed by atoms with Gasteiger partial charge in [0.15, 0.2) is 11.6 Å². The van der Waals surface area contributed by atoms with E-state index in [1.54, 1.807) is 38.4 Å². The van der Waals surface area contributed by atoms with E-state index < -0.39 is 60.6 Å². The quantitative estimate of drug-likeness (QED) is 0.0429. The first-order valence-electron chi connectivity index (χ1n) is 20.2. The summed E-state index contributed by atoms with van der Waals surface area (Å²) in [5.74, 6) is -5.79. The molecule has 0 bridgehead atoms. The number of nitrogens with zero attached hydrogens (tertiary/aromatic N) is 4. The fourth-order valence-corrected chi connectivity index (χ4v) is 6.83. The van der Waals surface area contributed by atoms with Crippen LogP contribution in [0.2, 0.25) is 0 Å². The van der Waals surface area contributed by atoms with Crippen molar-refractivity contribution in [2.75, 3.05) is 82.8 Å². The van der Waals surface area contributed by atoms with Crippen LogP contribution < -0.4 is 74.5 Å². The summed E-state index contributed by atoms with van der Waals surface area (Å²) in [6.45, 7) is 2.00. The Balaban J connectivity index is 0.000000288. The number of aliphatic carboxylic acids is 4. The number of carboxylic acid groups (broad SMARTS) is 4. The predicted octanol–water partition coefficient (Wildman–Crippen LogP) is -3.57. The number of amides is 2. The Morgan fingerprint density at radius 2 is 1.01 bits per heavy atom. The van der Waals surface area contributed by atoms with Crippen LogP contribution in [-0.4, -0.2) is 179 Å². The number of hydrogen-bond donors (Lipinski definition) is 12. The summed E-state index contributed by atoms with van der Waals surface area (Å²) in [4.78, 5) is 109. The largest absolute Gasteiger partial charge is 2.00 e. The maximum absolute atomic E-state index is 12.3. The van der Waals surface area contributed by atoms with Gasteiger partial charge in [0.1, 0.15) is 23.5 Å². The van der Waals surface area contributed by atoms with Gasteiger partial charge in [-0.25, -0.2) is 9.59 Å². The molecule has 2 unspecified atom stereocenters. The van der Waals surface area contributed by atoms with Crippen molar-refractivity contribution >= 4 is 131 Å². The monoisotopic (exact) mass is 1050 g/mol. The maximum Gasteiger partial charge on any atom is 2.00 e. The van der Waals surface area contributed by atoms with Crippen LogP contribution in [0.4, 0.5) is 46.3 Å². The van der Waals surface area contributed by atoms with Crippen LogP contribution in [0.25, 0.3) is 0 Å². The van der Waals surface area contributed by atoms with Gasteiger partial charge in [-0.1, -0.05) is 0 Å². The minimum absolute atomic E-state index is 0. The smallest absolute Gasteiger partial charge is 0.550 e. The third-order valence-electron chi connectivity index (χ3n) is 10.5. The fraction of sp³-hybridized carbons (Fsp3) is 0.350. The Kier molecular flexibility index (Phi) is 18.8. The number of fused-ring (bicyclic) bond motifs is 2. The zero-order chi connectivity index (χ0) is 48.2. The van der Waals surface area contributed by atoms with E-state index in [-0.39, 0.29) is 108 Å². The van der Waals surface area contributed by atoms with E-state index in [1.807, 2.05) is 9.80 Å². The van der Waals surface area contributed by atoms with Gasteiger partial charge in [-0.3, -0.25) is 29.1 Å². The Bertz CT molecular complexity index is 2380. The van der Waals surface area contributed by atoms with Crippen LogP contribution in [0.1, 0.15) is 46.4 Å². The first-order chi connectivity index (χ1) is 31.3. The molecule has 67 heavy (non-hydrogen) atoms. The Morgan fingerprint density at radius 1 is 0.672 bits per heavy atom. The summed E-state index contributed by atoms with van der Waals surface area (Å²) in [6.07, 6.45) is -1.52. The summed E-state index contributed by atoms with van der Waals surface area (Å²) in [6, 6.07) is 9.88. The summed E-state index contributed by atoms with van der Waals surface area (Å²) in [7, 11) is 3.57. The SMILES string of the molecule is CN1c2c(nc(N)[nH]c2=O)NCC1CNc1ccc(C(=O)N[C@@H](CCC(=O)[O-])C(=O)O)cc1.CN1c2c(nc(N)[nH]c2=O)NCC1CNc1ccc(C(=O)N[C@@H](CCC(=O)[O-])C(=O)O)cc1.[Ba+2]. The number of nitrogens with two attached hydrogens (primary N) is 2. The van der Waals surface area contributed by atoms with E-state index in [9.17, 15) is 48.6 Å². The second kappa shape index (κ2) is 24.0. The zero-order valence-electron chi connectivity index (χ0n) is 36.2. The molecule has 26 nitrogen and oxygen atoms in total. The number of anilines is 8. The molecule has 4 atom stereocenters. The molecule has 0 fully saturated rings.